The Kier molecular flexibility index (Phi) is 4.47. The zero-order chi connectivity index (χ0) is 12.3. The fraction of sp³-hybridized carbons (Fsp3) is 0.400. The van der Waals surface area contributed by atoms with E-state index in [2.05, 4.69) is 0 Å². The maximum Gasteiger partial charge on any atom is 0.391 e. The lowest BCUT2D eigenvalue weighted by atomic mass is 10.1. The summed E-state index contributed by atoms with van der Waals surface area (Å²) in [5.41, 5.74) is 0.447. The molecule has 1 nitrogen and oxygen atoms in total. The Morgan fingerprint density at radius 2 is 1.88 bits per heavy atom. The van der Waals surface area contributed by atoms with Gasteiger partial charge in [0.1, 0.15) is 0 Å². The molecule has 0 saturated carbocycles. The number of hydrogen-bond acceptors (Lipinski definition) is 1. The lowest BCUT2D eigenvalue weighted by Gasteiger charge is -2.13. The van der Waals surface area contributed by atoms with Crippen molar-refractivity contribution in [1.82, 2.24) is 0 Å². The molecule has 0 aliphatic rings. The van der Waals surface area contributed by atoms with Crippen LogP contribution in [0, 0.1) is 0 Å². The lowest BCUT2D eigenvalue weighted by Crippen LogP contribution is -2.21. The number of aliphatic hydroxyl groups excluding tert-OH is 1. The molecule has 6 heteroatoms. The normalized spacial score (nSPS) is 13.9. The quantitative estimate of drug-likeness (QED) is 0.886. The number of alkyl halides is 3. The summed E-state index contributed by atoms with van der Waals surface area (Å²) in [5, 5.41) is 9.88. The molecule has 0 aliphatic heterocycles. The Hall–Kier alpha value is -0.450. The van der Waals surface area contributed by atoms with Crippen molar-refractivity contribution in [2.24, 2.45) is 0 Å². The lowest BCUT2D eigenvalue weighted by molar-refractivity contribution is -0.153. The Labute approximate surface area is 101 Å². The number of halogens is 5. The smallest absolute Gasteiger partial charge is 0.391 e. The minimum atomic E-state index is -4.38. The van der Waals surface area contributed by atoms with Crippen LogP contribution >= 0.6 is 23.2 Å². The van der Waals surface area contributed by atoms with E-state index in [1.165, 1.54) is 18.2 Å². The molecule has 0 amide bonds. The molecule has 16 heavy (non-hydrogen) atoms. The van der Waals surface area contributed by atoms with Gasteiger partial charge in [-0.05, 0) is 17.7 Å². The van der Waals surface area contributed by atoms with Crippen molar-refractivity contribution < 1.29 is 18.3 Å². The molecule has 0 aromatic heterocycles. The van der Waals surface area contributed by atoms with Crippen molar-refractivity contribution in [3.63, 3.8) is 0 Å². The van der Waals surface area contributed by atoms with Crippen LogP contribution in [0.2, 0.25) is 10.0 Å². The Morgan fingerprint density at radius 3 is 2.38 bits per heavy atom. The van der Waals surface area contributed by atoms with E-state index in [9.17, 15) is 18.3 Å². The third kappa shape index (κ3) is 4.60. The van der Waals surface area contributed by atoms with Gasteiger partial charge in [-0.1, -0.05) is 29.3 Å². The van der Waals surface area contributed by atoms with E-state index in [1.807, 2.05) is 0 Å². The van der Waals surface area contributed by atoms with Crippen LogP contribution in [0.1, 0.15) is 12.0 Å². The van der Waals surface area contributed by atoms with Crippen LogP contribution in [0.3, 0.4) is 0 Å². The maximum absolute atomic E-state index is 12.0. The Balaban J connectivity index is 2.66. The van der Waals surface area contributed by atoms with Gasteiger partial charge in [-0.3, -0.25) is 0 Å². The van der Waals surface area contributed by atoms with Gasteiger partial charge in [-0.15, -0.1) is 0 Å². The molecule has 1 aromatic rings. The summed E-state index contributed by atoms with van der Waals surface area (Å²) in [7, 11) is 0. The standard InChI is InChI=1S/C10H9Cl2F3O/c11-7-2-1-6(9(12)4-7)3-8(16)5-10(13,14)15/h1-2,4,8,16H,3,5H2. The second kappa shape index (κ2) is 5.25. The minimum absolute atomic E-state index is 0.143. The van der Waals surface area contributed by atoms with E-state index in [0.717, 1.165) is 0 Å². The average molecular weight is 273 g/mol. The van der Waals surface area contributed by atoms with Crippen LogP contribution in [0.25, 0.3) is 0 Å². The van der Waals surface area contributed by atoms with Crippen molar-refractivity contribution in [3.05, 3.63) is 33.8 Å². The number of rotatable bonds is 3. The molecule has 0 spiro atoms. The minimum Gasteiger partial charge on any atom is -0.392 e. The summed E-state index contributed by atoms with van der Waals surface area (Å²) in [6, 6.07) is 4.45. The van der Waals surface area contributed by atoms with Gasteiger partial charge in [-0.25, -0.2) is 0 Å². The summed E-state index contributed by atoms with van der Waals surface area (Å²) in [5.74, 6) is 0. The molecule has 1 aromatic carbocycles. The molecule has 0 heterocycles. The van der Waals surface area contributed by atoms with E-state index >= 15 is 0 Å². The summed E-state index contributed by atoms with van der Waals surface area (Å²) in [6.07, 6.45) is -7.25. The summed E-state index contributed by atoms with van der Waals surface area (Å²) in [6.45, 7) is 0. The monoisotopic (exact) mass is 272 g/mol. The highest BCUT2D eigenvalue weighted by atomic mass is 35.5. The van der Waals surface area contributed by atoms with Crippen LogP contribution in [0.4, 0.5) is 13.2 Å². The molecule has 1 atom stereocenters. The van der Waals surface area contributed by atoms with Gasteiger partial charge in [0.25, 0.3) is 0 Å². The van der Waals surface area contributed by atoms with Crippen LogP contribution in [-0.4, -0.2) is 17.4 Å². The van der Waals surface area contributed by atoms with Crippen LogP contribution < -0.4 is 0 Å². The first-order chi connectivity index (χ1) is 7.28. The molecule has 0 bridgehead atoms. The van der Waals surface area contributed by atoms with Crippen molar-refractivity contribution in [3.8, 4) is 0 Å². The molecular formula is C10H9Cl2F3O. The third-order valence-electron chi connectivity index (χ3n) is 1.94. The molecular weight excluding hydrogens is 264 g/mol. The van der Waals surface area contributed by atoms with Gasteiger partial charge in [-0.2, -0.15) is 13.2 Å². The third-order valence-corrected chi connectivity index (χ3v) is 2.52. The molecule has 1 N–H and O–H groups in total. The molecule has 0 fully saturated rings. The summed E-state index contributed by atoms with van der Waals surface area (Å²) >= 11 is 11.4. The van der Waals surface area contributed by atoms with Crippen molar-refractivity contribution in [2.45, 2.75) is 25.1 Å². The van der Waals surface area contributed by atoms with Gasteiger partial charge in [0, 0.05) is 16.5 Å². The zero-order valence-electron chi connectivity index (χ0n) is 8.06. The van der Waals surface area contributed by atoms with Gasteiger partial charge in [0.2, 0.25) is 0 Å². The van der Waals surface area contributed by atoms with Gasteiger partial charge < -0.3 is 5.11 Å². The first-order valence-corrected chi connectivity index (χ1v) is 5.22. The molecule has 0 saturated heterocycles. The van der Waals surface area contributed by atoms with Crippen molar-refractivity contribution in [2.75, 3.05) is 0 Å². The number of benzene rings is 1. The Bertz CT molecular complexity index is 366. The second-order valence-electron chi connectivity index (χ2n) is 3.41. The van der Waals surface area contributed by atoms with Crippen LogP contribution in [0.15, 0.2) is 18.2 Å². The highest BCUT2D eigenvalue weighted by Crippen LogP contribution is 2.26. The zero-order valence-corrected chi connectivity index (χ0v) is 9.57. The van der Waals surface area contributed by atoms with E-state index in [0.29, 0.717) is 10.6 Å². The predicted octanol–water partition coefficient (Wildman–Crippen LogP) is 3.85. The molecule has 0 aliphatic carbocycles. The van der Waals surface area contributed by atoms with Crippen molar-refractivity contribution >= 4 is 23.2 Å². The van der Waals surface area contributed by atoms with E-state index in [-0.39, 0.29) is 11.4 Å². The van der Waals surface area contributed by atoms with Crippen LogP contribution in [-0.2, 0) is 6.42 Å². The highest BCUT2D eigenvalue weighted by Gasteiger charge is 2.31. The average Bonchev–Trinajstić information content (AvgIpc) is 2.06. The van der Waals surface area contributed by atoms with Crippen molar-refractivity contribution in [1.29, 1.82) is 0 Å². The van der Waals surface area contributed by atoms with E-state index in [4.69, 9.17) is 23.2 Å². The summed E-state index contributed by atoms with van der Waals surface area (Å²) < 4.78 is 35.9. The van der Waals surface area contributed by atoms with E-state index in [1.54, 1.807) is 0 Å². The maximum atomic E-state index is 12.0. The predicted molar refractivity (Wildman–Crippen MR) is 56.8 cm³/mol. The van der Waals surface area contributed by atoms with Gasteiger partial charge in [0.15, 0.2) is 0 Å². The summed E-state index contributed by atoms with van der Waals surface area (Å²) in [4.78, 5) is 0. The van der Waals surface area contributed by atoms with E-state index < -0.39 is 18.7 Å². The molecule has 0 radical (unpaired) electrons. The molecule has 1 unspecified atom stereocenters. The molecule has 1 rings (SSSR count). The number of hydrogen-bond donors (Lipinski definition) is 1. The van der Waals surface area contributed by atoms with Crippen LogP contribution in [0.5, 0.6) is 0 Å². The largest absolute Gasteiger partial charge is 0.392 e. The fourth-order valence-electron chi connectivity index (χ4n) is 1.28. The molecule has 90 valence electrons. The highest BCUT2D eigenvalue weighted by molar-refractivity contribution is 6.35. The second-order valence-corrected chi connectivity index (χ2v) is 4.26. The first-order valence-electron chi connectivity index (χ1n) is 4.46. The van der Waals surface area contributed by atoms with Gasteiger partial charge in [0.05, 0.1) is 12.5 Å². The number of aliphatic hydroxyl groups is 1. The van der Waals surface area contributed by atoms with Gasteiger partial charge >= 0.3 is 6.18 Å². The Morgan fingerprint density at radius 1 is 1.25 bits per heavy atom. The topological polar surface area (TPSA) is 20.2 Å². The SMILES string of the molecule is OC(Cc1ccc(Cl)cc1Cl)CC(F)(F)F. The first kappa shape index (κ1) is 13.6. The fourth-order valence-corrected chi connectivity index (χ4v) is 1.77.